The van der Waals surface area contributed by atoms with Gasteiger partial charge in [0.1, 0.15) is 11.9 Å². The molecule has 2 amide bonds. The summed E-state index contributed by atoms with van der Waals surface area (Å²) in [4.78, 5) is 27.6. The number of hydrogen-bond donors (Lipinski definition) is 1. The number of amides is 2. The van der Waals surface area contributed by atoms with Gasteiger partial charge in [0.2, 0.25) is 21.8 Å². The molecule has 7 nitrogen and oxygen atoms in total. The normalized spacial score (nSPS) is 12.7. The Kier molecular flexibility index (Phi) is 10.2. The van der Waals surface area contributed by atoms with E-state index < -0.39 is 27.4 Å². The lowest BCUT2D eigenvalue weighted by molar-refractivity contribution is -0.141. The minimum Gasteiger partial charge on any atom is -0.350 e. The van der Waals surface area contributed by atoms with Gasteiger partial charge < -0.3 is 10.2 Å². The van der Waals surface area contributed by atoms with Crippen LogP contribution in [-0.2, 0) is 26.2 Å². The summed E-state index contributed by atoms with van der Waals surface area (Å²) in [5, 5.41) is 3.56. The fourth-order valence-electron chi connectivity index (χ4n) is 3.53. The van der Waals surface area contributed by atoms with E-state index in [0.717, 1.165) is 10.6 Å². The van der Waals surface area contributed by atoms with Crippen LogP contribution in [0.15, 0.2) is 42.5 Å². The van der Waals surface area contributed by atoms with E-state index >= 15 is 0 Å². The third-order valence-electron chi connectivity index (χ3n) is 5.28. The molecule has 0 fully saturated rings. The predicted octanol–water partition coefficient (Wildman–Crippen LogP) is 5.01. The van der Waals surface area contributed by atoms with Gasteiger partial charge in [0.25, 0.3) is 0 Å². The van der Waals surface area contributed by atoms with Crippen molar-refractivity contribution in [2.45, 2.75) is 58.7 Å². The van der Waals surface area contributed by atoms with Gasteiger partial charge in [-0.1, -0.05) is 41.4 Å². The van der Waals surface area contributed by atoms with Crippen LogP contribution in [-0.4, -0.2) is 49.5 Å². The molecule has 1 N–H and O–H groups in total. The van der Waals surface area contributed by atoms with Gasteiger partial charge in [-0.25, -0.2) is 12.8 Å². The van der Waals surface area contributed by atoms with Crippen LogP contribution in [0.1, 0.15) is 46.1 Å². The van der Waals surface area contributed by atoms with Crippen LogP contribution in [0.5, 0.6) is 0 Å². The van der Waals surface area contributed by atoms with E-state index in [1.165, 1.54) is 29.2 Å². The monoisotopic (exact) mass is 559 g/mol. The summed E-state index contributed by atoms with van der Waals surface area (Å²) in [6, 6.07) is 9.68. The molecule has 0 aliphatic heterocycles. The van der Waals surface area contributed by atoms with Crippen molar-refractivity contribution in [2.24, 2.45) is 0 Å². The van der Waals surface area contributed by atoms with Crippen LogP contribution in [0.2, 0.25) is 10.0 Å². The molecule has 2 rings (SSSR count). The number of benzene rings is 2. The standard InChI is InChI=1S/C25H32Cl2FN3O4S/c1-17(24(33)29-25(2,3)4)30(16-18-12-13-19(26)20(27)15-18)23(32)11-8-14-31(36(5,34)35)22-10-7-6-9-21(22)28/h6-7,9-10,12-13,15,17H,8,11,14,16H2,1-5H3,(H,29,33)/t17-/m1/s1. The minimum atomic E-state index is -3.79. The van der Waals surface area contributed by atoms with Gasteiger partial charge in [0, 0.05) is 25.0 Å². The van der Waals surface area contributed by atoms with Gasteiger partial charge in [0.15, 0.2) is 0 Å². The van der Waals surface area contributed by atoms with Crippen LogP contribution in [0.4, 0.5) is 10.1 Å². The van der Waals surface area contributed by atoms with E-state index in [4.69, 9.17) is 23.2 Å². The number of carbonyl (C=O) groups is 2. The van der Waals surface area contributed by atoms with Crippen molar-refractivity contribution in [2.75, 3.05) is 17.1 Å². The first kappa shape index (κ1) is 29.9. The summed E-state index contributed by atoms with van der Waals surface area (Å²) >= 11 is 12.1. The van der Waals surface area contributed by atoms with Crippen molar-refractivity contribution in [3.63, 3.8) is 0 Å². The zero-order chi connectivity index (χ0) is 27.3. The van der Waals surface area contributed by atoms with Gasteiger partial charge in [0.05, 0.1) is 22.0 Å². The second-order valence-corrected chi connectivity index (χ2v) is 12.3. The fraction of sp³-hybridized carbons (Fsp3) is 0.440. The maximum Gasteiger partial charge on any atom is 0.242 e. The number of nitrogens with zero attached hydrogens (tertiary/aromatic N) is 2. The molecule has 0 aliphatic carbocycles. The first-order valence-corrected chi connectivity index (χ1v) is 14.0. The Labute approximate surface area is 222 Å². The minimum absolute atomic E-state index is 0.0606. The van der Waals surface area contributed by atoms with Gasteiger partial charge in [-0.15, -0.1) is 0 Å². The number of carbonyl (C=O) groups excluding carboxylic acids is 2. The molecule has 198 valence electrons. The van der Waals surface area contributed by atoms with Gasteiger partial charge in [-0.05, 0) is 63.9 Å². The number of nitrogens with one attached hydrogen (secondary N) is 1. The fourth-order valence-corrected chi connectivity index (χ4v) is 4.81. The average molecular weight is 561 g/mol. The zero-order valence-electron chi connectivity index (χ0n) is 21.0. The molecule has 11 heteroatoms. The van der Waals surface area contributed by atoms with E-state index in [1.54, 1.807) is 25.1 Å². The summed E-state index contributed by atoms with van der Waals surface area (Å²) in [6.07, 6.45) is 1.04. The van der Waals surface area contributed by atoms with Crippen LogP contribution in [0.25, 0.3) is 0 Å². The van der Waals surface area contributed by atoms with E-state index in [9.17, 15) is 22.4 Å². The predicted molar refractivity (Wildman–Crippen MR) is 142 cm³/mol. The topological polar surface area (TPSA) is 86.8 Å². The third-order valence-corrected chi connectivity index (χ3v) is 7.19. The van der Waals surface area contributed by atoms with E-state index in [0.29, 0.717) is 15.6 Å². The molecule has 0 unspecified atom stereocenters. The Morgan fingerprint density at radius 1 is 1.08 bits per heavy atom. The molecule has 0 aliphatic rings. The highest BCUT2D eigenvalue weighted by Gasteiger charge is 2.29. The van der Waals surface area contributed by atoms with Crippen LogP contribution >= 0.6 is 23.2 Å². The SMILES string of the molecule is C[C@H](C(=O)NC(C)(C)C)N(Cc1ccc(Cl)c(Cl)c1)C(=O)CCCN(c1ccccc1F)S(C)(=O)=O. The average Bonchev–Trinajstić information content (AvgIpc) is 2.75. The van der Waals surface area contributed by atoms with Crippen LogP contribution in [0.3, 0.4) is 0 Å². The molecule has 0 heterocycles. The Balaban J connectivity index is 2.23. The largest absolute Gasteiger partial charge is 0.350 e. The molecule has 2 aromatic carbocycles. The van der Waals surface area contributed by atoms with Crippen molar-refractivity contribution in [3.05, 3.63) is 63.9 Å². The summed E-state index contributed by atoms with van der Waals surface area (Å²) in [5.74, 6) is -1.37. The van der Waals surface area contributed by atoms with Crippen LogP contribution in [0, 0.1) is 5.82 Å². The van der Waals surface area contributed by atoms with Crippen molar-refractivity contribution in [3.8, 4) is 0 Å². The highest BCUT2D eigenvalue weighted by molar-refractivity contribution is 7.92. The number of sulfonamides is 1. The lowest BCUT2D eigenvalue weighted by Gasteiger charge is -2.32. The first-order valence-electron chi connectivity index (χ1n) is 11.4. The van der Waals surface area contributed by atoms with E-state index in [-0.39, 0.29) is 43.4 Å². The molecular formula is C25H32Cl2FN3O4S. The maximum atomic E-state index is 14.3. The summed E-state index contributed by atoms with van der Waals surface area (Å²) in [5.41, 5.74) is 0.0923. The molecule has 36 heavy (non-hydrogen) atoms. The molecule has 2 aromatic rings. The number of halogens is 3. The molecule has 0 radical (unpaired) electrons. The van der Waals surface area contributed by atoms with Gasteiger partial charge >= 0.3 is 0 Å². The molecule has 0 aromatic heterocycles. The lowest BCUT2D eigenvalue weighted by atomic mass is 10.1. The smallest absolute Gasteiger partial charge is 0.242 e. The highest BCUT2D eigenvalue weighted by Crippen LogP contribution is 2.25. The summed E-state index contributed by atoms with van der Waals surface area (Å²) in [7, 11) is -3.79. The molecular weight excluding hydrogens is 528 g/mol. The second-order valence-electron chi connectivity index (χ2n) is 9.58. The molecule has 1 atom stereocenters. The summed E-state index contributed by atoms with van der Waals surface area (Å²) in [6.45, 7) is 7.13. The van der Waals surface area contributed by atoms with Crippen LogP contribution < -0.4 is 9.62 Å². The maximum absolute atomic E-state index is 14.3. The lowest BCUT2D eigenvalue weighted by Crippen LogP contribution is -2.52. The van der Waals surface area contributed by atoms with Crippen molar-refractivity contribution < 1.29 is 22.4 Å². The van der Waals surface area contributed by atoms with Crippen molar-refractivity contribution in [1.29, 1.82) is 0 Å². The molecule has 0 bridgehead atoms. The van der Waals surface area contributed by atoms with E-state index in [2.05, 4.69) is 5.32 Å². The Bertz CT molecular complexity index is 1200. The Morgan fingerprint density at radius 3 is 2.28 bits per heavy atom. The van der Waals surface area contributed by atoms with Gasteiger partial charge in [-0.3, -0.25) is 13.9 Å². The summed E-state index contributed by atoms with van der Waals surface area (Å²) < 4.78 is 39.8. The number of anilines is 1. The van der Waals surface area contributed by atoms with Gasteiger partial charge in [-0.2, -0.15) is 0 Å². The number of rotatable bonds is 10. The third kappa shape index (κ3) is 8.64. The molecule has 0 saturated carbocycles. The second kappa shape index (κ2) is 12.3. The zero-order valence-corrected chi connectivity index (χ0v) is 23.3. The van der Waals surface area contributed by atoms with Crippen molar-refractivity contribution in [1.82, 2.24) is 10.2 Å². The highest BCUT2D eigenvalue weighted by atomic mass is 35.5. The number of para-hydroxylation sites is 1. The Morgan fingerprint density at radius 2 is 1.72 bits per heavy atom. The number of hydrogen-bond acceptors (Lipinski definition) is 4. The van der Waals surface area contributed by atoms with Crippen molar-refractivity contribution >= 4 is 50.7 Å². The molecule has 0 spiro atoms. The van der Waals surface area contributed by atoms with E-state index in [1.807, 2.05) is 20.8 Å². The Hall–Kier alpha value is -2.36. The molecule has 0 saturated heterocycles. The quantitative estimate of drug-likeness (QED) is 0.443. The first-order chi connectivity index (χ1) is 16.6.